The number of rotatable bonds is 3. The predicted octanol–water partition coefficient (Wildman–Crippen LogP) is 2.07. The fraction of sp³-hybridized carbons (Fsp3) is 0.417. The van der Waals surface area contributed by atoms with Crippen molar-refractivity contribution in [3.8, 4) is 5.75 Å². The summed E-state index contributed by atoms with van der Waals surface area (Å²) in [5, 5.41) is 0. The third kappa shape index (κ3) is 2.29. The van der Waals surface area contributed by atoms with E-state index in [1.807, 2.05) is 18.2 Å². The van der Waals surface area contributed by atoms with Crippen LogP contribution in [0.5, 0.6) is 5.75 Å². The largest absolute Gasteiger partial charge is 0.493 e. The van der Waals surface area contributed by atoms with Crippen molar-refractivity contribution in [3.05, 3.63) is 29.3 Å². The standard InChI is InChI=1S/C12H14O3/c1-2-12(13)15-8-9-3-4-11-10(7-9)5-6-14-11/h3-4,7H,2,5-6,8H2,1H3. The second-order valence-corrected chi connectivity index (χ2v) is 3.55. The highest BCUT2D eigenvalue weighted by Gasteiger charge is 2.12. The second kappa shape index (κ2) is 4.34. The van der Waals surface area contributed by atoms with E-state index < -0.39 is 0 Å². The van der Waals surface area contributed by atoms with E-state index in [0.717, 1.165) is 24.3 Å². The maximum atomic E-state index is 11.0. The van der Waals surface area contributed by atoms with Gasteiger partial charge in [-0.3, -0.25) is 4.79 Å². The summed E-state index contributed by atoms with van der Waals surface area (Å²) >= 11 is 0. The lowest BCUT2D eigenvalue weighted by Gasteiger charge is -2.05. The molecule has 0 saturated carbocycles. The molecular weight excluding hydrogens is 192 g/mol. The summed E-state index contributed by atoms with van der Waals surface area (Å²) in [4.78, 5) is 11.0. The summed E-state index contributed by atoms with van der Waals surface area (Å²) in [5.74, 6) is 0.798. The van der Waals surface area contributed by atoms with Gasteiger partial charge >= 0.3 is 5.97 Å². The molecule has 2 rings (SSSR count). The zero-order valence-electron chi connectivity index (χ0n) is 8.79. The molecule has 1 aromatic carbocycles. The third-order valence-electron chi connectivity index (χ3n) is 2.44. The van der Waals surface area contributed by atoms with Gasteiger partial charge in [-0.15, -0.1) is 0 Å². The van der Waals surface area contributed by atoms with E-state index in [2.05, 4.69) is 0 Å². The average Bonchev–Trinajstić information content (AvgIpc) is 2.72. The number of fused-ring (bicyclic) bond motifs is 1. The Morgan fingerprint density at radius 1 is 1.53 bits per heavy atom. The van der Waals surface area contributed by atoms with Gasteiger partial charge in [0.05, 0.1) is 6.61 Å². The van der Waals surface area contributed by atoms with E-state index in [1.54, 1.807) is 6.92 Å². The molecule has 0 aliphatic carbocycles. The molecule has 0 aromatic heterocycles. The number of carbonyl (C=O) groups is 1. The lowest BCUT2D eigenvalue weighted by atomic mass is 10.1. The molecular formula is C12H14O3. The first-order chi connectivity index (χ1) is 7.29. The third-order valence-corrected chi connectivity index (χ3v) is 2.44. The Morgan fingerprint density at radius 2 is 2.40 bits per heavy atom. The monoisotopic (exact) mass is 206 g/mol. The number of hydrogen-bond acceptors (Lipinski definition) is 3. The van der Waals surface area contributed by atoms with Gasteiger partial charge in [0.15, 0.2) is 0 Å². The van der Waals surface area contributed by atoms with Gasteiger partial charge in [-0.05, 0) is 23.3 Å². The Hall–Kier alpha value is -1.51. The van der Waals surface area contributed by atoms with Crippen LogP contribution in [-0.2, 0) is 22.6 Å². The van der Waals surface area contributed by atoms with Crippen molar-refractivity contribution < 1.29 is 14.3 Å². The molecule has 80 valence electrons. The molecule has 1 aliphatic rings. The molecule has 0 N–H and O–H groups in total. The summed E-state index contributed by atoms with van der Waals surface area (Å²) in [6.07, 6.45) is 1.37. The van der Waals surface area contributed by atoms with E-state index in [9.17, 15) is 4.79 Å². The second-order valence-electron chi connectivity index (χ2n) is 3.55. The SMILES string of the molecule is CCC(=O)OCc1ccc2c(c1)CCO2. The highest BCUT2D eigenvalue weighted by Crippen LogP contribution is 2.26. The van der Waals surface area contributed by atoms with Crippen LogP contribution in [0, 0.1) is 0 Å². The van der Waals surface area contributed by atoms with Gasteiger partial charge in [0.1, 0.15) is 12.4 Å². The molecule has 15 heavy (non-hydrogen) atoms. The van der Waals surface area contributed by atoms with Crippen LogP contribution in [0.2, 0.25) is 0 Å². The van der Waals surface area contributed by atoms with Crippen molar-refractivity contribution in [2.45, 2.75) is 26.4 Å². The van der Waals surface area contributed by atoms with Gasteiger partial charge in [0.2, 0.25) is 0 Å². The Kier molecular flexibility index (Phi) is 2.90. The van der Waals surface area contributed by atoms with Gasteiger partial charge in [-0.1, -0.05) is 13.0 Å². The van der Waals surface area contributed by atoms with Gasteiger partial charge in [-0.2, -0.15) is 0 Å². The van der Waals surface area contributed by atoms with Gasteiger partial charge in [0.25, 0.3) is 0 Å². The minimum absolute atomic E-state index is 0.160. The van der Waals surface area contributed by atoms with E-state index in [0.29, 0.717) is 13.0 Å². The minimum atomic E-state index is -0.160. The molecule has 0 saturated heterocycles. The van der Waals surface area contributed by atoms with Crippen LogP contribution in [-0.4, -0.2) is 12.6 Å². The molecule has 0 amide bonds. The first-order valence-electron chi connectivity index (χ1n) is 5.20. The maximum absolute atomic E-state index is 11.0. The number of hydrogen-bond donors (Lipinski definition) is 0. The molecule has 0 spiro atoms. The van der Waals surface area contributed by atoms with Crippen molar-refractivity contribution in [1.29, 1.82) is 0 Å². The van der Waals surface area contributed by atoms with Crippen molar-refractivity contribution in [2.75, 3.05) is 6.61 Å². The van der Waals surface area contributed by atoms with Crippen LogP contribution < -0.4 is 4.74 Å². The lowest BCUT2D eigenvalue weighted by molar-refractivity contribution is -0.144. The van der Waals surface area contributed by atoms with Gasteiger partial charge < -0.3 is 9.47 Å². The van der Waals surface area contributed by atoms with E-state index in [4.69, 9.17) is 9.47 Å². The topological polar surface area (TPSA) is 35.5 Å². The Bertz CT molecular complexity index is 371. The first kappa shape index (κ1) is 10.0. The minimum Gasteiger partial charge on any atom is -0.493 e. The first-order valence-corrected chi connectivity index (χ1v) is 5.20. The molecule has 0 fully saturated rings. The number of esters is 1. The normalized spacial score (nSPS) is 13.1. The van der Waals surface area contributed by atoms with Crippen LogP contribution >= 0.6 is 0 Å². The van der Waals surface area contributed by atoms with Crippen LogP contribution in [0.3, 0.4) is 0 Å². The highest BCUT2D eigenvalue weighted by atomic mass is 16.5. The van der Waals surface area contributed by atoms with E-state index in [1.165, 1.54) is 5.56 Å². The zero-order valence-corrected chi connectivity index (χ0v) is 8.79. The maximum Gasteiger partial charge on any atom is 0.305 e. The van der Waals surface area contributed by atoms with E-state index >= 15 is 0 Å². The number of benzene rings is 1. The van der Waals surface area contributed by atoms with Crippen molar-refractivity contribution in [2.24, 2.45) is 0 Å². The number of ether oxygens (including phenoxy) is 2. The van der Waals surface area contributed by atoms with Crippen LogP contribution in [0.1, 0.15) is 24.5 Å². The summed E-state index contributed by atoms with van der Waals surface area (Å²) in [5.41, 5.74) is 2.24. The molecule has 0 unspecified atom stereocenters. The summed E-state index contributed by atoms with van der Waals surface area (Å²) in [6.45, 7) is 2.91. The predicted molar refractivity (Wildman–Crippen MR) is 55.7 cm³/mol. The fourth-order valence-corrected chi connectivity index (χ4v) is 1.60. The summed E-state index contributed by atoms with van der Waals surface area (Å²) in [6, 6.07) is 5.93. The molecule has 0 bridgehead atoms. The molecule has 0 radical (unpaired) electrons. The van der Waals surface area contributed by atoms with Crippen LogP contribution in [0.4, 0.5) is 0 Å². The van der Waals surface area contributed by atoms with E-state index in [-0.39, 0.29) is 5.97 Å². The molecule has 1 aromatic rings. The average molecular weight is 206 g/mol. The molecule has 0 atom stereocenters. The van der Waals surface area contributed by atoms with Crippen LogP contribution in [0.15, 0.2) is 18.2 Å². The molecule has 1 aliphatic heterocycles. The highest BCUT2D eigenvalue weighted by molar-refractivity contribution is 5.68. The summed E-state index contributed by atoms with van der Waals surface area (Å²) in [7, 11) is 0. The van der Waals surface area contributed by atoms with Crippen LogP contribution in [0.25, 0.3) is 0 Å². The fourth-order valence-electron chi connectivity index (χ4n) is 1.60. The Morgan fingerprint density at radius 3 is 3.20 bits per heavy atom. The number of carbonyl (C=O) groups excluding carboxylic acids is 1. The zero-order chi connectivity index (χ0) is 10.7. The van der Waals surface area contributed by atoms with Gasteiger partial charge in [-0.25, -0.2) is 0 Å². The molecule has 1 heterocycles. The molecule has 3 heteroatoms. The van der Waals surface area contributed by atoms with Gasteiger partial charge in [0, 0.05) is 12.8 Å². The molecule has 3 nitrogen and oxygen atoms in total. The quantitative estimate of drug-likeness (QED) is 0.710. The summed E-state index contributed by atoms with van der Waals surface area (Å²) < 4.78 is 10.4. The van der Waals surface area contributed by atoms with Crippen molar-refractivity contribution in [3.63, 3.8) is 0 Å². The van der Waals surface area contributed by atoms with Crippen molar-refractivity contribution >= 4 is 5.97 Å². The Labute approximate surface area is 89.0 Å². The smallest absolute Gasteiger partial charge is 0.305 e. The lowest BCUT2D eigenvalue weighted by Crippen LogP contribution is -2.02. The Balaban J connectivity index is 2.01. The van der Waals surface area contributed by atoms with Crippen molar-refractivity contribution in [1.82, 2.24) is 0 Å².